The van der Waals surface area contributed by atoms with Crippen molar-refractivity contribution in [3.63, 3.8) is 0 Å². The molecule has 1 aliphatic heterocycles. The molecular formula is C21H22N2O3. The van der Waals surface area contributed by atoms with E-state index < -0.39 is 0 Å². The van der Waals surface area contributed by atoms with Crippen molar-refractivity contribution in [3.8, 4) is 0 Å². The van der Waals surface area contributed by atoms with Crippen molar-refractivity contribution in [2.75, 3.05) is 11.9 Å². The average Bonchev–Trinajstić information content (AvgIpc) is 3.23. The lowest BCUT2D eigenvalue weighted by Crippen LogP contribution is -2.44. The van der Waals surface area contributed by atoms with Gasteiger partial charge < -0.3 is 15.0 Å². The summed E-state index contributed by atoms with van der Waals surface area (Å²) in [4.78, 5) is 26.4. The number of benzene rings is 2. The number of esters is 1. The highest BCUT2D eigenvalue weighted by atomic mass is 16.5. The number of fused-ring (bicyclic) bond motifs is 2. The monoisotopic (exact) mass is 350 g/mol. The molecule has 0 saturated heterocycles. The Morgan fingerprint density at radius 3 is 2.58 bits per heavy atom. The Labute approximate surface area is 153 Å². The third-order valence-corrected chi connectivity index (χ3v) is 5.13. The van der Waals surface area contributed by atoms with Crippen molar-refractivity contribution in [3.05, 3.63) is 64.7 Å². The summed E-state index contributed by atoms with van der Waals surface area (Å²) in [5.74, 6) is -0.297. The molecule has 0 spiro atoms. The van der Waals surface area contributed by atoms with E-state index in [1.54, 1.807) is 12.1 Å². The Hall–Kier alpha value is -2.82. The zero-order valence-corrected chi connectivity index (χ0v) is 14.8. The summed E-state index contributed by atoms with van der Waals surface area (Å²) in [6, 6.07) is 13.8. The van der Waals surface area contributed by atoms with Crippen LogP contribution in [0.5, 0.6) is 0 Å². The smallest absolute Gasteiger partial charge is 0.338 e. The number of carbonyl (C=O) groups is 2. The molecule has 1 aliphatic carbocycles. The summed E-state index contributed by atoms with van der Waals surface area (Å²) in [5, 5.41) is 3.00. The number of nitrogens with one attached hydrogen (secondary N) is 1. The fourth-order valence-corrected chi connectivity index (χ4v) is 3.85. The molecule has 2 aliphatic rings. The molecule has 1 N–H and O–H groups in total. The first-order chi connectivity index (χ1) is 12.7. The fourth-order valence-electron chi connectivity index (χ4n) is 3.85. The molecule has 0 fully saturated rings. The molecule has 0 unspecified atom stereocenters. The zero-order valence-electron chi connectivity index (χ0n) is 14.8. The van der Waals surface area contributed by atoms with Crippen LogP contribution in [-0.2, 0) is 24.2 Å². The number of nitrogens with zero attached hydrogens (tertiary/aromatic N) is 1. The second kappa shape index (κ2) is 6.83. The van der Waals surface area contributed by atoms with Gasteiger partial charge in [-0.3, -0.25) is 0 Å². The van der Waals surface area contributed by atoms with Gasteiger partial charge in [-0.1, -0.05) is 31.2 Å². The lowest BCUT2D eigenvalue weighted by atomic mass is 10.1. The van der Waals surface area contributed by atoms with E-state index in [2.05, 4.69) is 36.5 Å². The van der Waals surface area contributed by atoms with E-state index in [0.717, 1.165) is 31.4 Å². The predicted molar refractivity (Wildman–Crippen MR) is 99.2 cm³/mol. The summed E-state index contributed by atoms with van der Waals surface area (Å²) >= 11 is 0. The van der Waals surface area contributed by atoms with Gasteiger partial charge in [0.1, 0.15) is 6.61 Å². The highest BCUT2D eigenvalue weighted by molar-refractivity contribution is 5.95. The number of urea groups is 1. The number of hydrogen-bond donors (Lipinski definition) is 1. The lowest BCUT2D eigenvalue weighted by Gasteiger charge is -2.29. The van der Waals surface area contributed by atoms with Gasteiger partial charge in [0.05, 0.1) is 5.56 Å². The first-order valence-electron chi connectivity index (χ1n) is 9.10. The minimum absolute atomic E-state index is 0.0881. The minimum atomic E-state index is -0.297. The van der Waals surface area contributed by atoms with E-state index in [0.29, 0.717) is 11.3 Å². The molecule has 0 saturated carbocycles. The standard InChI is InChI=1S/C21H22N2O3/c1-2-9-23(18-11-14-5-3-4-6-15(14)12-18)21(25)22-17-7-8-19-16(10-17)13-26-20(19)24/h3-8,10,18H,2,9,11-13H2,1H3,(H,22,25). The van der Waals surface area contributed by atoms with Crippen LogP contribution in [0.4, 0.5) is 10.5 Å². The minimum Gasteiger partial charge on any atom is -0.457 e. The molecule has 1 heterocycles. The van der Waals surface area contributed by atoms with Crippen molar-refractivity contribution < 1.29 is 14.3 Å². The molecule has 5 nitrogen and oxygen atoms in total. The Morgan fingerprint density at radius 2 is 1.88 bits per heavy atom. The lowest BCUT2D eigenvalue weighted by molar-refractivity contribution is 0.0535. The Balaban J connectivity index is 1.49. The normalized spacial score (nSPS) is 15.3. The molecule has 5 heteroatoms. The maximum Gasteiger partial charge on any atom is 0.338 e. The predicted octanol–water partition coefficient (Wildman–Crippen LogP) is 3.77. The number of carbonyl (C=O) groups excluding carboxylic acids is 2. The summed E-state index contributed by atoms with van der Waals surface area (Å²) in [7, 11) is 0. The van der Waals surface area contributed by atoms with Crippen molar-refractivity contribution in [1.82, 2.24) is 4.90 Å². The van der Waals surface area contributed by atoms with Crippen LogP contribution in [0, 0.1) is 0 Å². The second-order valence-electron chi connectivity index (χ2n) is 6.90. The number of ether oxygens (including phenoxy) is 1. The Kier molecular flexibility index (Phi) is 4.37. The van der Waals surface area contributed by atoms with Gasteiger partial charge in [0, 0.05) is 23.8 Å². The van der Waals surface area contributed by atoms with Crippen LogP contribution in [-0.4, -0.2) is 29.5 Å². The molecule has 26 heavy (non-hydrogen) atoms. The van der Waals surface area contributed by atoms with E-state index in [9.17, 15) is 9.59 Å². The molecule has 0 aromatic heterocycles. The molecule has 2 aromatic carbocycles. The highest BCUT2D eigenvalue weighted by Gasteiger charge is 2.29. The number of rotatable bonds is 4. The van der Waals surface area contributed by atoms with Crippen LogP contribution >= 0.6 is 0 Å². The molecule has 4 rings (SSSR count). The van der Waals surface area contributed by atoms with Crippen LogP contribution < -0.4 is 5.32 Å². The quantitative estimate of drug-likeness (QED) is 0.854. The third-order valence-electron chi connectivity index (χ3n) is 5.13. The van der Waals surface area contributed by atoms with E-state index in [1.165, 1.54) is 11.1 Å². The zero-order chi connectivity index (χ0) is 18.1. The van der Waals surface area contributed by atoms with Crippen LogP contribution in [0.1, 0.15) is 40.4 Å². The molecule has 2 aromatic rings. The summed E-state index contributed by atoms with van der Waals surface area (Å²) in [5.41, 5.74) is 4.77. The van der Waals surface area contributed by atoms with Crippen molar-refractivity contribution >= 4 is 17.7 Å². The Morgan fingerprint density at radius 1 is 1.15 bits per heavy atom. The van der Waals surface area contributed by atoms with Crippen molar-refractivity contribution in [2.24, 2.45) is 0 Å². The number of anilines is 1. The summed E-state index contributed by atoms with van der Waals surface area (Å²) in [6.07, 6.45) is 2.71. The third kappa shape index (κ3) is 3.05. The van der Waals surface area contributed by atoms with Crippen molar-refractivity contribution in [1.29, 1.82) is 0 Å². The van der Waals surface area contributed by atoms with Gasteiger partial charge in [0.15, 0.2) is 0 Å². The maximum absolute atomic E-state index is 12.9. The van der Waals surface area contributed by atoms with Crippen molar-refractivity contribution in [2.45, 2.75) is 38.8 Å². The molecule has 0 radical (unpaired) electrons. The van der Waals surface area contributed by atoms with Gasteiger partial charge in [0.2, 0.25) is 0 Å². The number of amides is 2. The van der Waals surface area contributed by atoms with Gasteiger partial charge in [-0.2, -0.15) is 0 Å². The second-order valence-corrected chi connectivity index (χ2v) is 6.90. The van der Waals surface area contributed by atoms with Gasteiger partial charge in [0.25, 0.3) is 0 Å². The summed E-state index contributed by atoms with van der Waals surface area (Å²) < 4.78 is 5.02. The van der Waals surface area contributed by atoms with Gasteiger partial charge in [-0.15, -0.1) is 0 Å². The Bertz CT molecular complexity index is 837. The first-order valence-corrected chi connectivity index (χ1v) is 9.10. The average molecular weight is 350 g/mol. The SMILES string of the molecule is CCCN(C(=O)Nc1ccc2c(c1)COC2=O)C1Cc2ccccc2C1. The largest absolute Gasteiger partial charge is 0.457 e. The van der Waals surface area contributed by atoms with E-state index in [1.807, 2.05) is 11.0 Å². The van der Waals surface area contributed by atoms with Crippen LogP contribution in [0.2, 0.25) is 0 Å². The van der Waals surface area contributed by atoms with E-state index in [4.69, 9.17) is 4.74 Å². The van der Waals surface area contributed by atoms with E-state index in [-0.39, 0.29) is 24.6 Å². The molecule has 134 valence electrons. The van der Waals surface area contributed by atoms with E-state index >= 15 is 0 Å². The molecule has 0 atom stereocenters. The fraction of sp³-hybridized carbons (Fsp3) is 0.333. The van der Waals surface area contributed by atoms with Gasteiger partial charge in [-0.05, 0) is 48.6 Å². The van der Waals surface area contributed by atoms with Crippen LogP contribution in [0.3, 0.4) is 0 Å². The van der Waals surface area contributed by atoms with Gasteiger partial charge in [-0.25, -0.2) is 9.59 Å². The topological polar surface area (TPSA) is 58.6 Å². The number of hydrogen-bond acceptors (Lipinski definition) is 3. The highest BCUT2D eigenvalue weighted by Crippen LogP contribution is 2.27. The van der Waals surface area contributed by atoms with Gasteiger partial charge >= 0.3 is 12.0 Å². The molecule has 2 amide bonds. The van der Waals surface area contributed by atoms with Crippen LogP contribution in [0.25, 0.3) is 0 Å². The first kappa shape index (κ1) is 16.6. The molecule has 0 bridgehead atoms. The number of cyclic esters (lactones) is 1. The van der Waals surface area contributed by atoms with Crippen LogP contribution in [0.15, 0.2) is 42.5 Å². The maximum atomic E-state index is 12.9. The molecular weight excluding hydrogens is 328 g/mol. The summed E-state index contributed by atoms with van der Waals surface area (Å²) in [6.45, 7) is 3.08.